The Morgan fingerprint density at radius 2 is 1.43 bits per heavy atom. The number of Topliss-reactive ketones (excluding diaryl/α,β-unsaturated/α-hetero) is 2. The first kappa shape index (κ1) is 16.8. The minimum absolute atomic E-state index is 0.161. The molecule has 0 aromatic heterocycles. The summed E-state index contributed by atoms with van der Waals surface area (Å²) in [5.41, 5.74) is 2.87. The summed E-state index contributed by atoms with van der Waals surface area (Å²) in [7, 11) is 0. The van der Waals surface area contributed by atoms with Crippen molar-refractivity contribution in [1.82, 2.24) is 0 Å². The van der Waals surface area contributed by atoms with Crippen molar-refractivity contribution in [3.63, 3.8) is 0 Å². The molecule has 2 heteroatoms. The molecule has 0 bridgehead atoms. The van der Waals surface area contributed by atoms with Crippen molar-refractivity contribution < 1.29 is 9.59 Å². The molecule has 0 aromatic rings. The van der Waals surface area contributed by atoms with Gasteiger partial charge in [0, 0.05) is 11.1 Å². The van der Waals surface area contributed by atoms with Crippen molar-refractivity contribution in [3.05, 3.63) is 71.9 Å². The van der Waals surface area contributed by atoms with Gasteiger partial charge in [0.15, 0.2) is 0 Å². The maximum absolute atomic E-state index is 12.4. The molecule has 0 aromatic carbocycles. The van der Waals surface area contributed by atoms with Crippen LogP contribution in [-0.4, -0.2) is 11.6 Å². The van der Waals surface area contributed by atoms with Gasteiger partial charge >= 0.3 is 0 Å². The topological polar surface area (TPSA) is 34.1 Å². The van der Waals surface area contributed by atoms with E-state index in [1.165, 1.54) is 0 Å². The maximum Gasteiger partial charge on any atom is 0.233 e. The Balaban J connectivity index is 3.66. The fraction of sp³-hybridized carbons (Fsp3) is 0.263. The van der Waals surface area contributed by atoms with Gasteiger partial charge < -0.3 is 0 Å². The lowest BCUT2D eigenvalue weighted by atomic mass is 9.78. The summed E-state index contributed by atoms with van der Waals surface area (Å²) in [6.45, 7) is 13.3. The molecule has 1 aliphatic rings. The van der Waals surface area contributed by atoms with E-state index in [1.54, 1.807) is 36.5 Å². The summed E-state index contributed by atoms with van der Waals surface area (Å²) in [6, 6.07) is 0. The quantitative estimate of drug-likeness (QED) is 0.414. The van der Waals surface area contributed by atoms with Gasteiger partial charge in [-0.05, 0) is 23.5 Å². The minimum atomic E-state index is -0.447. The van der Waals surface area contributed by atoms with E-state index in [-0.39, 0.29) is 5.92 Å². The first-order valence-corrected chi connectivity index (χ1v) is 7.14. The van der Waals surface area contributed by atoms with Gasteiger partial charge in [0.05, 0.1) is 0 Å². The van der Waals surface area contributed by atoms with Crippen LogP contribution in [0.15, 0.2) is 71.9 Å². The van der Waals surface area contributed by atoms with Gasteiger partial charge in [0.1, 0.15) is 0 Å². The van der Waals surface area contributed by atoms with E-state index < -0.39 is 11.6 Å². The second-order valence-corrected chi connectivity index (χ2v) is 5.08. The zero-order chi connectivity index (χ0) is 16.0. The number of hydrogen-bond acceptors (Lipinski definition) is 2. The summed E-state index contributed by atoms with van der Waals surface area (Å²) < 4.78 is 0. The second-order valence-electron chi connectivity index (χ2n) is 5.08. The van der Waals surface area contributed by atoms with E-state index in [4.69, 9.17) is 0 Å². The van der Waals surface area contributed by atoms with Crippen LogP contribution in [0.2, 0.25) is 0 Å². The summed E-state index contributed by atoms with van der Waals surface area (Å²) in [4.78, 5) is 24.7. The van der Waals surface area contributed by atoms with Crippen molar-refractivity contribution in [2.45, 2.75) is 27.2 Å². The fourth-order valence-electron chi connectivity index (χ4n) is 2.52. The van der Waals surface area contributed by atoms with Gasteiger partial charge in [-0.2, -0.15) is 0 Å². The van der Waals surface area contributed by atoms with Gasteiger partial charge in [0.25, 0.3) is 0 Å². The number of allylic oxidation sites excluding steroid dienone is 10. The standard InChI is InChI=1S/C19H22O2/c1-6-9-11-15-14(8-3)17(13(4)5)16(12-10-7-2)19(21)18(15)20/h6-7,9-13H,1-2,8H2,3-5H3/b11-9-,12-10-. The Hall–Kier alpha value is -2.22. The summed E-state index contributed by atoms with van der Waals surface area (Å²) in [6.07, 6.45) is 10.7. The van der Waals surface area contributed by atoms with Crippen LogP contribution in [0.3, 0.4) is 0 Å². The van der Waals surface area contributed by atoms with Crippen LogP contribution in [0.4, 0.5) is 0 Å². The number of ketones is 2. The number of carbonyl (C=O) groups excluding carboxylic acids is 2. The molecule has 0 atom stereocenters. The lowest BCUT2D eigenvalue weighted by molar-refractivity contribution is -0.132. The van der Waals surface area contributed by atoms with E-state index >= 15 is 0 Å². The van der Waals surface area contributed by atoms with Crippen LogP contribution >= 0.6 is 0 Å². The highest BCUT2D eigenvalue weighted by Gasteiger charge is 2.32. The molecular formula is C19H22O2. The predicted molar refractivity (Wildman–Crippen MR) is 87.9 cm³/mol. The molecule has 0 spiro atoms. The van der Waals surface area contributed by atoms with Crippen molar-refractivity contribution in [3.8, 4) is 0 Å². The molecule has 1 rings (SSSR count). The van der Waals surface area contributed by atoms with E-state index in [1.807, 2.05) is 20.8 Å². The van der Waals surface area contributed by atoms with Crippen LogP contribution in [0.5, 0.6) is 0 Å². The number of rotatable bonds is 6. The highest BCUT2D eigenvalue weighted by atomic mass is 16.2. The van der Waals surface area contributed by atoms with E-state index in [9.17, 15) is 9.59 Å². The summed E-state index contributed by atoms with van der Waals surface area (Å²) in [5, 5.41) is 0. The van der Waals surface area contributed by atoms with Gasteiger partial charge in [-0.1, -0.05) is 70.4 Å². The molecule has 0 amide bonds. The van der Waals surface area contributed by atoms with Crippen molar-refractivity contribution in [2.75, 3.05) is 0 Å². The van der Waals surface area contributed by atoms with Crippen LogP contribution in [-0.2, 0) is 9.59 Å². The zero-order valence-corrected chi connectivity index (χ0v) is 13.0. The van der Waals surface area contributed by atoms with Crippen LogP contribution in [0, 0.1) is 5.92 Å². The third-order valence-electron chi connectivity index (χ3n) is 3.36. The molecule has 0 saturated carbocycles. The van der Waals surface area contributed by atoms with Crippen LogP contribution < -0.4 is 0 Å². The molecule has 0 unspecified atom stereocenters. The van der Waals surface area contributed by atoms with Crippen LogP contribution in [0.25, 0.3) is 0 Å². The lowest BCUT2D eigenvalue weighted by Crippen LogP contribution is -2.26. The monoisotopic (exact) mass is 282 g/mol. The SMILES string of the molecule is C=C/C=C\C1=C(CC)C(C(C)C)=C(/C=C\C=C)C(=O)C1=O. The molecular weight excluding hydrogens is 260 g/mol. The molecule has 1 aliphatic carbocycles. The third-order valence-corrected chi connectivity index (χ3v) is 3.36. The summed E-state index contributed by atoms with van der Waals surface area (Å²) >= 11 is 0. The van der Waals surface area contributed by atoms with Gasteiger partial charge in [0.2, 0.25) is 11.6 Å². The Labute approximate surface area is 126 Å². The van der Waals surface area contributed by atoms with Crippen LogP contribution in [0.1, 0.15) is 27.2 Å². The Morgan fingerprint density at radius 1 is 0.952 bits per heavy atom. The fourth-order valence-corrected chi connectivity index (χ4v) is 2.52. The molecule has 2 nitrogen and oxygen atoms in total. The molecule has 110 valence electrons. The van der Waals surface area contributed by atoms with E-state index in [0.29, 0.717) is 17.6 Å². The van der Waals surface area contributed by atoms with Crippen molar-refractivity contribution in [2.24, 2.45) is 5.92 Å². The normalized spacial score (nSPS) is 16.8. The molecule has 0 heterocycles. The van der Waals surface area contributed by atoms with E-state index in [0.717, 1.165) is 11.1 Å². The lowest BCUT2D eigenvalue weighted by Gasteiger charge is -2.24. The number of carbonyl (C=O) groups is 2. The largest absolute Gasteiger partial charge is 0.285 e. The van der Waals surface area contributed by atoms with Crippen molar-refractivity contribution in [1.29, 1.82) is 0 Å². The smallest absolute Gasteiger partial charge is 0.233 e. The van der Waals surface area contributed by atoms with E-state index in [2.05, 4.69) is 13.2 Å². The molecule has 0 N–H and O–H groups in total. The molecule has 0 aliphatic heterocycles. The first-order valence-electron chi connectivity index (χ1n) is 7.14. The molecule has 0 radical (unpaired) electrons. The first-order chi connectivity index (χ1) is 9.99. The van der Waals surface area contributed by atoms with Gasteiger partial charge in [-0.15, -0.1) is 0 Å². The average molecular weight is 282 g/mol. The zero-order valence-electron chi connectivity index (χ0n) is 13.0. The van der Waals surface area contributed by atoms with Crippen molar-refractivity contribution >= 4 is 11.6 Å². The van der Waals surface area contributed by atoms with Gasteiger partial charge in [-0.25, -0.2) is 0 Å². The Kier molecular flexibility index (Phi) is 6.04. The highest BCUT2D eigenvalue weighted by Crippen LogP contribution is 2.34. The third kappa shape index (κ3) is 3.46. The predicted octanol–water partition coefficient (Wildman–Crippen LogP) is 4.28. The minimum Gasteiger partial charge on any atom is -0.285 e. The number of hydrogen-bond donors (Lipinski definition) is 0. The summed E-state index contributed by atoms with van der Waals surface area (Å²) in [5.74, 6) is -0.732. The Bertz CT molecular complexity index is 593. The average Bonchev–Trinajstić information content (AvgIpc) is 2.46. The maximum atomic E-state index is 12.4. The molecule has 0 saturated heterocycles. The molecule has 0 fully saturated rings. The molecule has 21 heavy (non-hydrogen) atoms. The van der Waals surface area contributed by atoms with Gasteiger partial charge in [-0.3, -0.25) is 9.59 Å². The Morgan fingerprint density at radius 3 is 1.86 bits per heavy atom. The second kappa shape index (κ2) is 7.53. The highest BCUT2D eigenvalue weighted by molar-refractivity contribution is 6.51.